The number of fused-ring (bicyclic) bond motifs is 16. The second-order valence-corrected chi connectivity index (χ2v) is 47.3. The van der Waals surface area contributed by atoms with Crippen molar-refractivity contribution >= 4 is 157 Å². The third kappa shape index (κ3) is 19.9. The van der Waals surface area contributed by atoms with Crippen molar-refractivity contribution in [3.8, 4) is 11.5 Å². The van der Waals surface area contributed by atoms with E-state index in [1.807, 2.05) is 267 Å². The van der Waals surface area contributed by atoms with Crippen molar-refractivity contribution < 1.29 is 77.0 Å². The van der Waals surface area contributed by atoms with Crippen LogP contribution in [-0.2, 0) is 122 Å². The smallest absolute Gasteiger partial charge is 0.262 e. The van der Waals surface area contributed by atoms with Crippen LogP contribution in [0.3, 0.4) is 0 Å². The topological polar surface area (TPSA) is 258 Å². The van der Waals surface area contributed by atoms with Gasteiger partial charge >= 0.3 is 0 Å². The maximum atomic E-state index is 15.1. The molecular weight excluding hydrogens is 1950 g/mol. The molecule has 5 unspecified atom stereocenters. The van der Waals surface area contributed by atoms with E-state index in [1.165, 1.54) is 94.1 Å². The summed E-state index contributed by atoms with van der Waals surface area (Å²) in [6, 6.07) is 86.0. The van der Waals surface area contributed by atoms with Crippen molar-refractivity contribution in [3.63, 3.8) is 0 Å². The Labute approximate surface area is 841 Å². The van der Waals surface area contributed by atoms with Crippen molar-refractivity contribution in [2.45, 2.75) is 122 Å². The highest BCUT2D eigenvalue weighted by Crippen LogP contribution is 2.65. The molecule has 22 rings (SSSR count). The molecule has 0 aliphatic carbocycles. The van der Waals surface area contributed by atoms with Gasteiger partial charge in [-0.2, -0.15) is 0 Å². The molecule has 12 aliphatic heterocycles. The number of benzene rings is 10. The number of carbonyl (C=O) groups is 8. The summed E-state index contributed by atoms with van der Waals surface area (Å²) in [6.45, 7) is 1.31. The zero-order valence-corrected chi connectivity index (χ0v) is 85.6. The van der Waals surface area contributed by atoms with E-state index >= 15 is 9.59 Å². The molecule has 12 saturated heterocycles. The molecular formula is C104H109BrN8O16S8. The van der Waals surface area contributed by atoms with Gasteiger partial charge < -0.3 is 77.8 Å². The number of methoxy groups -OCH3 is 2. The number of piperazine rings is 4. The Morgan fingerprint density at radius 2 is 0.511 bits per heavy atom. The third-order valence-corrected chi connectivity index (χ3v) is 40.8. The van der Waals surface area contributed by atoms with E-state index in [-0.39, 0.29) is 131 Å². The van der Waals surface area contributed by atoms with Crippen molar-refractivity contribution in [2.24, 2.45) is 0 Å². The van der Waals surface area contributed by atoms with E-state index in [9.17, 15) is 39.0 Å². The summed E-state index contributed by atoms with van der Waals surface area (Å²) in [5.41, 5.74) is 13.2. The zero-order chi connectivity index (χ0) is 96.8. The summed E-state index contributed by atoms with van der Waals surface area (Å²) >= 11 is 15.2. The highest BCUT2D eigenvalue weighted by molar-refractivity contribution is 9.08. The fourth-order valence-electron chi connectivity index (χ4n) is 18.0. The predicted octanol–water partition coefficient (Wildman–Crippen LogP) is 16.4. The lowest BCUT2D eigenvalue weighted by atomic mass is 9.94. The van der Waals surface area contributed by atoms with Gasteiger partial charge in [0.15, 0.2) is 39.5 Å². The number of aliphatic hydroxyl groups excluding tert-OH is 2. The second kappa shape index (κ2) is 43.0. The quantitative estimate of drug-likeness (QED) is 0.0383. The van der Waals surface area contributed by atoms with E-state index in [0.29, 0.717) is 25.4 Å². The summed E-state index contributed by atoms with van der Waals surface area (Å²) in [6.07, 6.45) is 0.807. The molecule has 0 aromatic heterocycles. The summed E-state index contributed by atoms with van der Waals surface area (Å²) in [4.78, 5) is 119. The molecule has 12 fully saturated rings. The number of alkyl halides is 1. The molecule has 33 heteroatoms. The number of ether oxygens (including phenoxy) is 6. The first-order valence-electron chi connectivity index (χ1n) is 44.6. The Morgan fingerprint density at radius 1 is 0.277 bits per heavy atom. The Hall–Kier alpha value is -9.40. The number of amides is 8. The van der Waals surface area contributed by atoms with Gasteiger partial charge in [-0.1, -0.05) is 259 Å². The first-order valence-corrected chi connectivity index (χ1v) is 52.8. The maximum absolute atomic E-state index is 15.1. The molecule has 0 saturated carbocycles. The van der Waals surface area contributed by atoms with Crippen LogP contribution in [0.15, 0.2) is 267 Å². The lowest BCUT2D eigenvalue weighted by Crippen LogP contribution is -2.73. The minimum Gasteiger partial charge on any atom is -0.497 e. The number of carbonyl (C=O) groups excluding carboxylic acids is 8. The van der Waals surface area contributed by atoms with Crippen LogP contribution in [0, 0.1) is 0 Å². The Kier molecular flexibility index (Phi) is 31.5. The van der Waals surface area contributed by atoms with Gasteiger partial charge in [0.2, 0.25) is 0 Å². The molecule has 12 aliphatic rings. The summed E-state index contributed by atoms with van der Waals surface area (Å²) in [5.74, 6) is 0.214. The van der Waals surface area contributed by atoms with Crippen LogP contribution in [0.25, 0.3) is 0 Å². The molecule has 24 nitrogen and oxygen atoms in total. The average molecular weight is 2060 g/mol. The normalized spacial score (nSPS) is 26.1. The molecule has 137 heavy (non-hydrogen) atoms. The van der Waals surface area contributed by atoms with Gasteiger partial charge in [0.1, 0.15) is 11.5 Å². The molecule has 10 aromatic carbocycles. The molecule has 10 aromatic rings. The number of hydrogen-bond acceptors (Lipinski definition) is 24. The highest BCUT2D eigenvalue weighted by Gasteiger charge is 2.70. The highest BCUT2D eigenvalue weighted by atomic mass is 79.9. The van der Waals surface area contributed by atoms with Gasteiger partial charge in [-0.25, -0.2) is 0 Å². The number of likely N-dealkylation sites (N-methyl/N-ethyl adjacent to an activating group) is 8. The van der Waals surface area contributed by atoms with Crippen molar-refractivity contribution in [1.82, 2.24) is 39.2 Å². The lowest BCUT2D eigenvalue weighted by molar-refractivity contribution is -0.166. The summed E-state index contributed by atoms with van der Waals surface area (Å²) in [7, 11) is 17.0. The SMILES string of the molecule is CN1C(=O)[C@]2(Cc3ccc(CBr)cc3)SC(c3ccc(CO)cc3)S[C@@]1(COCc1ccccc1)C(=O)N2C.COc1ccc(C2SC3C(=O)N(C)[C@@](COCc4ccccc4)(S2)C(=O)N3C)cc1.COc1ccc(C2S[C@@]3(COCc4ccccc4)C(=O)N(C)[C@@](Cc4ccc(C[C@@]56SC(c7ccc(CO)cc7)S[C@@](COCc7ccccc7)(C(=O)N5C)N(C)C6=O)cc4)(S2)C(=O)N3C)cc1. The Balaban J connectivity index is 0.000000165. The minimum atomic E-state index is -1.34. The molecule has 0 radical (unpaired) electrons. The first kappa shape index (κ1) is 101. The predicted molar refractivity (Wildman–Crippen MR) is 548 cm³/mol. The van der Waals surface area contributed by atoms with Gasteiger partial charge in [0, 0.05) is 81.0 Å². The van der Waals surface area contributed by atoms with E-state index < -0.39 is 39.5 Å². The molecule has 2 N–H and O–H groups in total. The number of thioether (sulfide) groups is 8. The number of halogens is 1. The second-order valence-electron chi connectivity index (χ2n) is 34.7. The van der Waals surface area contributed by atoms with Crippen molar-refractivity contribution in [3.05, 3.63) is 345 Å². The molecule has 8 bridgehead atoms. The van der Waals surface area contributed by atoms with E-state index in [0.717, 1.165) is 89.0 Å². The van der Waals surface area contributed by atoms with Crippen LogP contribution in [0.4, 0.5) is 0 Å². The largest absolute Gasteiger partial charge is 0.497 e. The van der Waals surface area contributed by atoms with E-state index in [1.54, 1.807) is 110 Å². The van der Waals surface area contributed by atoms with Gasteiger partial charge in [-0.15, -0.1) is 94.1 Å². The van der Waals surface area contributed by atoms with Crippen LogP contribution in [0.2, 0.25) is 0 Å². The molecule has 0 spiro atoms. The number of aliphatic hydroxyl groups is 2. The number of hydrogen-bond donors (Lipinski definition) is 2. The summed E-state index contributed by atoms with van der Waals surface area (Å²) in [5, 5.41) is 19.6. The summed E-state index contributed by atoms with van der Waals surface area (Å²) < 4.78 is 34.5. The maximum Gasteiger partial charge on any atom is 0.262 e. The fourth-order valence-corrected chi connectivity index (χ4v) is 33.1. The van der Waals surface area contributed by atoms with Crippen LogP contribution < -0.4 is 9.47 Å². The molecule has 8 amide bonds. The lowest BCUT2D eigenvalue weighted by Gasteiger charge is -2.51. The van der Waals surface area contributed by atoms with Crippen LogP contribution >= 0.6 is 110 Å². The average Bonchev–Trinajstić information content (AvgIpc) is 1.58. The molecule has 716 valence electrons. The monoisotopic (exact) mass is 2060 g/mol. The van der Waals surface area contributed by atoms with Gasteiger partial charge in [0.25, 0.3) is 47.3 Å². The fraction of sp³-hybridized carbons (Fsp3) is 0.346. The van der Waals surface area contributed by atoms with Crippen molar-refractivity contribution in [1.29, 1.82) is 0 Å². The molecule has 12 atom stereocenters. The van der Waals surface area contributed by atoms with Crippen molar-refractivity contribution in [2.75, 3.05) is 97.0 Å². The minimum absolute atomic E-state index is 0.00422. The van der Waals surface area contributed by atoms with Gasteiger partial charge in [-0.3, -0.25) is 38.4 Å². The van der Waals surface area contributed by atoms with Gasteiger partial charge in [0.05, 0.1) is 98.6 Å². The van der Waals surface area contributed by atoms with Crippen LogP contribution in [-0.4, -0.2) is 233 Å². The van der Waals surface area contributed by atoms with Crippen LogP contribution in [0.1, 0.15) is 96.2 Å². The Bertz CT molecular complexity index is 5800. The molecule has 12 heterocycles. The van der Waals surface area contributed by atoms with E-state index in [2.05, 4.69) is 15.9 Å². The van der Waals surface area contributed by atoms with Gasteiger partial charge in [-0.05, 0) is 102 Å². The number of nitrogens with zero attached hydrogens (tertiary/aromatic N) is 8. The third-order valence-electron chi connectivity index (χ3n) is 26.4. The first-order chi connectivity index (χ1) is 66.1. The van der Waals surface area contributed by atoms with E-state index in [4.69, 9.17) is 28.4 Å². The Morgan fingerprint density at radius 3 is 0.788 bits per heavy atom. The number of rotatable bonds is 31. The standard InChI is InChI=1S/C52H54N4O8S4.C30H31BrN2O4S2.C22H24N2O4S2/c1-53-47(60)51(33-63-31-38-12-8-6-9-13-38)55(3)45(58)49(53,65-43(67-51)40-22-20-37(30-57)21-23-40)28-35-16-18-36(19-17-35)29-50-46(59)56(4)52(48(61)54(50)2,34-64-32-39-14-10-7-11-15-39)68-44(66-50)41-24-26-42(62-5)27-25-41;1-32-28(36)30(20-37-19-24-6-4-3-5-7-24)33(2)27(35)29(32,16-21-8-10-22(17-31)11-9-21)38-26(39-30)25-14-12-23(18-34)13-15-25;1-23-19-18(25)24(2)22(21(23)26,14-28-13-15-7-5-4-6-8-15)30-20(29-19)16-9-11-17(27-3)12-10-16/h6-27,43-44,57H,28-34H2,1-5H3;3-15,26,34H,16-20H2,1-2H3;4-12,19-20H,13-14H2,1-3H3/t43?,44?,49-,50-,51-,52-;26?,29-,30-;19?,20?,22-/m000/s1. The zero-order valence-electron chi connectivity index (χ0n) is 77.5. The van der Waals surface area contributed by atoms with Crippen LogP contribution in [0.5, 0.6) is 11.5 Å².